The molecular formula is C16H18N2O. The molecule has 0 aliphatic carbocycles. The Morgan fingerprint density at radius 3 is 2.47 bits per heavy atom. The van der Waals surface area contributed by atoms with Crippen molar-refractivity contribution in [1.29, 1.82) is 0 Å². The molecule has 1 aromatic heterocycles. The molecule has 1 heterocycles. The molecule has 98 valence electrons. The lowest BCUT2D eigenvalue weighted by Gasteiger charge is -2.17. The summed E-state index contributed by atoms with van der Waals surface area (Å²) in [5.41, 5.74) is 4.20. The molecule has 1 aromatic carbocycles. The van der Waals surface area contributed by atoms with E-state index in [0.29, 0.717) is 5.56 Å². The van der Waals surface area contributed by atoms with Crippen LogP contribution >= 0.6 is 0 Å². The Morgan fingerprint density at radius 1 is 1.16 bits per heavy atom. The number of carbonyl (C=O) groups is 1. The summed E-state index contributed by atoms with van der Waals surface area (Å²) in [4.78, 5) is 16.0. The number of aromatic nitrogens is 1. The first kappa shape index (κ1) is 13.3. The Balaban J connectivity index is 2.13. The maximum atomic E-state index is 12.1. The highest BCUT2D eigenvalue weighted by Crippen LogP contribution is 2.18. The van der Waals surface area contributed by atoms with Crippen LogP contribution in [0.15, 0.2) is 42.7 Å². The van der Waals surface area contributed by atoms with Crippen LogP contribution in [0.3, 0.4) is 0 Å². The number of amides is 1. The van der Waals surface area contributed by atoms with Gasteiger partial charge in [-0.05, 0) is 44.0 Å². The van der Waals surface area contributed by atoms with Crippen molar-refractivity contribution in [3.8, 4) is 0 Å². The highest BCUT2D eigenvalue weighted by molar-refractivity contribution is 5.94. The fourth-order valence-electron chi connectivity index (χ4n) is 2.17. The zero-order valence-corrected chi connectivity index (χ0v) is 11.5. The van der Waals surface area contributed by atoms with E-state index in [1.54, 1.807) is 24.5 Å². The molecule has 0 saturated heterocycles. The predicted octanol–water partition coefficient (Wildman–Crippen LogP) is 3.19. The Kier molecular flexibility index (Phi) is 3.95. The number of nitrogens with zero attached hydrogens (tertiary/aromatic N) is 1. The first-order chi connectivity index (χ1) is 9.08. The van der Waals surface area contributed by atoms with Crippen molar-refractivity contribution in [1.82, 2.24) is 10.3 Å². The fraction of sp³-hybridized carbons (Fsp3) is 0.250. The van der Waals surface area contributed by atoms with E-state index in [-0.39, 0.29) is 11.9 Å². The highest BCUT2D eigenvalue weighted by atomic mass is 16.1. The largest absolute Gasteiger partial charge is 0.346 e. The third kappa shape index (κ3) is 3.19. The van der Waals surface area contributed by atoms with Gasteiger partial charge in [0, 0.05) is 18.0 Å². The summed E-state index contributed by atoms with van der Waals surface area (Å²) in [6.45, 7) is 6.13. The second-order valence-electron chi connectivity index (χ2n) is 4.79. The van der Waals surface area contributed by atoms with E-state index in [1.807, 2.05) is 6.92 Å². The minimum Gasteiger partial charge on any atom is -0.346 e. The summed E-state index contributed by atoms with van der Waals surface area (Å²) in [5.74, 6) is -0.0742. The van der Waals surface area contributed by atoms with E-state index < -0.39 is 0 Å². The van der Waals surface area contributed by atoms with Gasteiger partial charge in [-0.3, -0.25) is 9.78 Å². The smallest absolute Gasteiger partial charge is 0.251 e. The van der Waals surface area contributed by atoms with E-state index >= 15 is 0 Å². The molecule has 1 N–H and O–H groups in total. The van der Waals surface area contributed by atoms with Crippen LogP contribution < -0.4 is 5.32 Å². The maximum Gasteiger partial charge on any atom is 0.251 e. The van der Waals surface area contributed by atoms with Crippen molar-refractivity contribution in [2.45, 2.75) is 26.8 Å². The highest BCUT2D eigenvalue weighted by Gasteiger charge is 2.12. The van der Waals surface area contributed by atoms with Crippen LogP contribution in [0.2, 0.25) is 0 Å². The number of rotatable bonds is 3. The molecule has 0 spiro atoms. The van der Waals surface area contributed by atoms with Gasteiger partial charge in [-0.15, -0.1) is 0 Å². The van der Waals surface area contributed by atoms with Crippen LogP contribution in [0.25, 0.3) is 0 Å². The number of benzene rings is 1. The number of hydrogen-bond donors (Lipinski definition) is 1. The molecule has 0 aliphatic rings. The van der Waals surface area contributed by atoms with Gasteiger partial charge >= 0.3 is 0 Å². The van der Waals surface area contributed by atoms with Gasteiger partial charge < -0.3 is 5.32 Å². The van der Waals surface area contributed by atoms with Crippen LogP contribution in [0, 0.1) is 13.8 Å². The van der Waals surface area contributed by atoms with Crippen molar-refractivity contribution < 1.29 is 4.79 Å². The number of nitrogens with one attached hydrogen (secondary N) is 1. The number of carbonyl (C=O) groups excluding carboxylic acids is 1. The van der Waals surface area contributed by atoms with Crippen molar-refractivity contribution in [3.63, 3.8) is 0 Å². The predicted molar refractivity (Wildman–Crippen MR) is 76.0 cm³/mol. The Labute approximate surface area is 113 Å². The van der Waals surface area contributed by atoms with Crippen LogP contribution in [-0.2, 0) is 0 Å². The molecule has 0 unspecified atom stereocenters. The molecule has 2 rings (SSSR count). The Hall–Kier alpha value is -2.16. The van der Waals surface area contributed by atoms with E-state index in [4.69, 9.17) is 0 Å². The van der Waals surface area contributed by atoms with E-state index in [9.17, 15) is 4.79 Å². The SMILES string of the molecule is Cc1ccc([C@H](C)NC(=O)c2ccncc2)c(C)c1. The zero-order chi connectivity index (χ0) is 13.8. The van der Waals surface area contributed by atoms with Crippen molar-refractivity contribution in [2.75, 3.05) is 0 Å². The first-order valence-electron chi connectivity index (χ1n) is 6.36. The van der Waals surface area contributed by atoms with Crippen molar-refractivity contribution in [2.24, 2.45) is 0 Å². The molecule has 3 nitrogen and oxygen atoms in total. The number of pyridine rings is 1. The summed E-state index contributed by atoms with van der Waals surface area (Å²) in [6, 6.07) is 9.68. The standard InChI is InChI=1S/C16H18N2O/c1-11-4-5-15(12(2)10-11)13(3)18-16(19)14-6-8-17-9-7-14/h4-10,13H,1-3H3,(H,18,19)/t13-/m0/s1. The summed E-state index contributed by atoms with van der Waals surface area (Å²) in [7, 11) is 0. The van der Waals surface area contributed by atoms with Gasteiger partial charge in [-0.25, -0.2) is 0 Å². The fourth-order valence-corrected chi connectivity index (χ4v) is 2.17. The monoisotopic (exact) mass is 254 g/mol. The second kappa shape index (κ2) is 5.65. The Bertz CT molecular complexity index is 579. The number of aryl methyl sites for hydroxylation is 2. The molecule has 19 heavy (non-hydrogen) atoms. The van der Waals surface area contributed by atoms with Crippen LogP contribution in [-0.4, -0.2) is 10.9 Å². The maximum absolute atomic E-state index is 12.1. The zero-order valence-electron chi connectivity index (χ0n) is 11.5. The minimum atomic E-state index is -0.0742. The lowest BCUT2D eigenvalue weighted by molar-refractivity contribution is 0.0939. The Morgan fingerprint density at radius 2 is 1.84 bits per heavy atom. The van der Waals surface area contributed by atoms with Gasteiger partial charge in [-0.1, -0.05) is 23.8 Å². The molecule has 0 fully saturated rings. The van der Waals surface area contributed by atoms with Crippen LogP contribution in [0.4, 0.5) is 0 Å². The minimum absolute atomic E-state index is 0.0127. The molecule has 0 bridgehead atoms. The quantitative estimate of drug-likeness (QED) is 0.914. The third-order valence-electron chi connectivity index (χ3n) is 3.18. The summed E-state index contributed by atoms with van der Waals surface area (Å²) >= 11 is 0. The van der Waals surface area contributed by atoms with Gasteiger partial charge in [-0.2, -0.15) is 0 Å². The normalized spacial score (nSPS) is 11.9. The van der Waals surface area contributed by atoms with Gasteiger partial charge in [0.1, 0.15) is 0 Å². The number of hydrogen-bond acceptors (Lipinski definition) is 2. The summed E-state index contributed by atoms with van der Waals surface area (Å²) < 4.78 is 0. The molecule has 0 saturated carbocycles. The van der Waals surface area contributed by atoms with Gasteiger partial charge in [0.05, 0.1) is 6.04 Å². The average Bonchev–Trinajstić information content (AvgIpc) is 2.39. The van der Waals surface area contributed by atoms with Gasteiger partial charge in [0.25, 0.3) is 5.91 Å². The average molecular weight is 254 g/mol. The first-order valence-corrected chi connectivity index (χ1v) is 6.36. The molecule has 0 radical (unpaired) electrons. The van der Waals surface area contributed by atoms with Crippen LogP contribution in [0.5, 0.6) is 0 Å². The summed E-state index contributed by atoms with van der Waals surface area (Å²) in [5, 5.41) is 3.01. The van der Waals surface area contributed by atoms with Gasteiger partial charge in [0.15, 0.2) is 0 Å². The molecule has 2 aromatic rings. The molecule has 1 amide bonds. The second-order valence-corrected chi connectivity index (χ2v) is 4.79. The lowest BCUT2D eigenvalue weighted by Crippen LogP contribution is -2.27. The van der Waals surface area contributed by atoms with E-state index in [0.717, 1.165) is 5.56 Å². The third-order valence-corrected chi connectivity index (χ3v) is 3.18. The van der Waals surface area contributed by atoms with Gasteiger partial charge in [0.2, 0.25) is 0 Å². The van der Waals surface area contributed by atoms with E-state index in [2.05, 4.69) is 42.3 Å². The summed E-state index contributed by atoms with van der Waals surface area (Å²) in [6.07, 6.45) is 3.24. The van der Waals surface area contributed by atoms with Crippen molar-refractivity contribution in [3.05, 3.63) is 65.0 Å². The molecule has 0 aliphatic heterocycles. The lowest BCUT2D eigenvalue weighted by atomic mass is 10.00. The van der Waals surface area contributed by atoms with Crippen LogP contribution in [0.1, 0.15) is 40.0 Å². The topological polar surface area (TPSA) is 42.0 Å². The van der Waals surface area contributed by atoms with Crippen molar-refractivity contribution >= 4 is 5.91 Å². The molecular weight excluding hydrogens is 236 g/mol. The molecule has 1 atom stereocenters. The molecule has 3 heteroatoms. The van der Waals surface area contributed by atoms with E-state index in [1.165, 1.54) is 11.1 Å².